The monoisotopic (exact) mass is 400 g/mol. The van der Waals surface area contributed by atoms with Crippen molar-refractivity contribution in [3.8, 4) is 0 Å². The molecule has 1 aliphatic rings. The molecular formula is C19H30Cl2N4O. The van der Waals surface area contributed by atoms with Crippen LogP contribution in [0.5, 0.6) is 0 Å². The van der Waals surface area contributed by atoms with Gasteiger partial charge in [-0.2, -0.15) is 5.10 Å². The topological polar surface area (TPSA) is 51.9 Å². The van der Waals surface area contributed by atoms with Gasteiger partial charge < -0.3 is 5.32 Å². The molecule has 26 heavy (non-hydrogen) atoms. The number of aromatic nitrogens is 3. The normalized spacial score (nSPS) is 15.8. The van der Waals surface area contributed by atoms with Crippen LogP contribution in [0.2, 0.25) is 0 Å². The molecule has 1 fully saturated rings. The van der Waals surface area contributed by atoms with Crippen LogP contribution in [0.3, 0.4) is 0 Å². The Balaban J connectivity index is 0.00000169. The Labute approximate surface area is 168 Å². The number of benzene rings is 1. The molecule has 0 bridgehead atoms. The number of hydrogen-bond donors (Lipinski definition) is 1. The van der Waals surface area contributed by atoms with E-state index >= 15 is 0 Å². The molecule has 1 aliphatic heterocycles. The lowest BCUT2D eigenvalue weighted by Gasteiger charge is -2.22. The minimum Gasteiger partial charge on any atom is -0.317 e. The van der Waals surface area contributed by atoms with E-state index in [2.05, 4.69) is 31.3 Å². The van der Waals surface area contributed by atoms with Crippen molar-refractivity contribution < 1.29 is 0 Å². The number of piperidine rings is 1. The van der Waals surface area contributed by atoms with Crippen LogP contribution in [-0.2, 0) is 13.1 Å². The van der Waals surface area contributed by atoms with Gasteiger partial charge in [-0.1, -0.05) is 50.6 Å². The van der Waals surface area contributed by atoms with Gasteiger partial charge in [0.2, 0.25) is 0 Å². The molecular weight excluding hydrogens is 371 g/mol. The smallest absolute Gasteiger partial charge is 0.317 e. The Bertz CT molecular complexity index is 708. The Morgan fingerprint density at radius 3 is 2.46 bits per heavy atom. The van der Waals surface area contributed by atoms with Crippen molar-refractivity contribution in [1.82, 2.24) is 19.7 Å². The van der Waals surface area contributed by atoms with Gasteiger partial charge >= 0.3 is 5.69 Å². The summed E-state index contributed by atoms with van der Waals surface area (Å²) >= 11 is 0. The predicted octanol–water partition coefficient (Wildman–Crippen LogP) is 3.45. The van der Waals surface area contributed by atoms with Crippen molar-refractivity contribution in [3.05, 3.63) is 52.2 Å². The first-order valence-corrected chi connectivity index (χ1v) is 9.11. The molecule has 0 spiro atoms. The number of hydrogen-bond acceptors (Lipinski definition) is 3. The van der Waals surface area contributed by atoms with E-state index in [0.29, 0.717) is 24.9 Å². The van der Waals surface area contributed by atoms with Crippen LogP contribution in [0.15, 0.2) is 35.1 Å². The van der Waals surface area contributed by atoms with Crippen molar-refractivity contribution in [1.29, 1.82) is 0 Å². The zero-order valence-electron chi connectivity index (χ0n) is 15.6. The number of rotatable bonds is 6. The maximum Gasteiger partial charge on any atom is 0.346 e. The first-order valence-electron chi connectivity index (χ1n) is 9.11. The summed E-state index contributed by atoms with van der Waals surface area (Å²) in [5.41, 5.74) is 1.19. The van der Waals surface area contributed by atoms with E-state index in [0.717, 1.165) is 43.7 Å². The number of nitrogens with one attached hydrogen (secondary N) is 1. The van der Waals surface area contributed by atoms with E-state index in [-0.39, 0.29) is 30.5 Å². The maximum absolute atomic E-state index is 12.9. The lowest BCUT2D eigenvalue weighted by molar-refractivity contribution is 0.414. The molecule has 2 aromatic rings. The molecule has 0 unspecified atom stereocenters. The highest BCUT2D eigenvalue weighted by atomic mass is 35.5. The molecule has 1 N–H and O–H groups in total. The summed E-state index contributed by atoms with van der Waals surface area (Å²) in [6.45, 7) is 7.65. The molecule has 1 aromatic carbocycles. The fourth-order valence-corrected chi connectivity index (χ4v) is 3.30. The van der Waals surface area contributed by atoms with E-state index in [4.69, 9.17) is 5.10 Å². The lowest BCUT2D eigenvalue weighted by atomic mass is 9.97. The van der Waals surface area contributed by atoms with Gasteiger partial charge in [0, 0.05) is 12.5 Å². The van der Waals surface area contributed by atoms with Crippen LogP contribution >= 0.6 is 24.8 Å². The Kier molecular flexibility index (Phi) is 9.41. The van der Waals surface area contributed by atoms with Gasteiger partial charge in [0.25, 0.3) is 0 Å². The standard InChI is InChI=1S/C19H28N4O.2ClH/c1-3-15(2)13-23-19(24)22(14-16-7-5-4-6-8-16)18(21-23)17-9-11-20-12-10-17;;/h4-8,15,17,20H,3,9-14H2,1-2H3;2*1H/t15-;;/m0../s1. The van der Waals surface area contributed by atoms with Gasteiger partial charge in [-0.05, 0) is 37.4 Å². The fraction of sp³-hybridized carbons (Fsp3) is 0.579. The van der Waals surface area contributed by atoms with Gasteiger partial charge in [0.15, 0.2) is 0 Å². The third-order valence-corrected chi connectivity index (χ3v) is 5.02. The first-order chi connectivity index (χ1) is 11.7. The second-order valence-corrected chi connectivity index (χ2v) is 6.93. The van der Waals surface area contributed by atoms with Crippen LogP contribution in [-0.4, -0.2) is 27.4 Å². The summed E-state index contributed by atoms with van der Waals surface area (Å²) in [5, 5.41) is 8.15. The van der Waals surface area contributed by atoms with Crippen molar-refractivity contribution in [2.45, 2.75) is 52.1 Å². The minimum atomic E-state index is 0. The Hall–Kier alpha value is -1.30. The van der Waals surface area contributed by atoms with Crippen molar-refractivity contribution in [2.24, 2.45) is 5.92 Å². The molecule has 146 valence electrons. The van der Waals surface area contributed by atoms with E-state index in [1.54, 1.807) is 4.68 Å². The first kappa shape index (κ1) is 22.7. The van der Waals surface area contributed by atoms with Crippen LogP contribution in [0, 0.1) is 5.92 Å². The molecule has 0 saturated carbocycles. The minimum absolute atomic E-state index is 0. The van der Waals surface area contributed by atoms with E-state index in [1.807, 2.05) is 22.8 Å². The van der Waals surface area contributed by atoms with E-state index in [1.165, 1.54) is 0 Å². The molecule has 0 amide bonds. The number of halogens is 2. The van der Waals surface area contributed by atoms with E-state index in [9.17, 15) is 4.79 Å². The fourth-order valence-electron chi connectivity index (χ4n) is 3.30. The summed E-state index contributed by atoms with van der Waals surface area (Å²) < 4.78 is 3.59. The summed E-state index contributed by atoms with van der Waals surface area (Å²) in [7, 11) is 0. The quantitative estimate of drug-likeness (QED) is 0.807. The zero-order chi connectivity index (χ0) is 16.9. The summed E-state index contributed by atoms with van der Waals surface area (Å²) in [6, 6.07) is 10.2. The van der Waals surface area contributed by atoms with Crippen molar-refractivity contribution in [3.63, 3.8) is 0 Å². The van der Waals surface area contributed by atoms with Crippen LogP contribution in [0.4, 0.5) is 0 Å². The third-order valence-electron chi connectivity index (χ3n) is 5.02. The summed E-state index contributed by atoms with van der Waals surface area (Å²) in [6.07, 6.45) is 3.16. The van der Waals surface area contributed by atoms with Gasteiger partial charge in [-0.25, -0.2) is 9.48 Å². The lowest BCUT2D eigenvalue weighted by Crippen LogP contribution is -2.30. The zero-order valence-corrected chi connectivity index (χ0v) is 17.2. The molecule has 5 nitrogen and oxygen atoms in total. The van der Waals surface area contributed by atoms with E-state index < -0.39 is 0 Å². The SMILES string of the molecule is CC[C@H](C)Cn1nc(C2CCNCC2)n(Cc2ccccc2)c1=O.Cl.Cl. The predicted molar refractivity (Wildman–Crippen MR) is 111 cm³/mol. The highest BCUT2D eigenvalue weighted by Gasteiger charge is 2.24. The average Bonchev–Trinajstić information content (AvgIpc) is 2.93. The molecule has 1 aromatic heterocycles. The molecule has 1 atom stereocenters. The second kappa shape index (κ2) is 10.8. The average molecular weight is 401 g/mol. The molecule has 2 heterocycles. The molecule has 0 aliphatic carbocycles. The Morgan fingerprint density at radius 2 is 1.85 bits per heavy atom. The van der Waals surface area contributed by atoms with Gasteiger partial charge in [-0.3, -0.25) is 4.57 Å². The van der Waals surface area contributed by atoms with Crippen LogP contribution < -0.4 is 11.0 Å². The van der Waals surface area contributed by atoms with Gasteiger partial charge in [0.1, 0.15) is 5.82 Å². The molecule has 0 radical (unpaired) electrons. The van der Waals surface area contributed by atoms with Crippen LogP contribution in [0.25, 0.3) is 0 Å². The largest absolute Gasteiger partial charge is 0.346 e. The van der Waals surface area contributed by atoms with Crippen molar-refractivity contribution in [2.75, 3.05) is 13.1 Å². The van der Waals surface area contributed by atoms with Gasteiger partial charge in [-0.15, -0.1) is 24.8 Å². The highest BCUT2D eigenvalue weighted by Crippen LogP contribution is 2.23. The highest BCUT2D eigenvalue weighted by molar-refractivity contribution is 5.85. The number of nitrogens with zero attached hydrogens (tertiary/aromatic N) is 3. The maximum atomic E-state index is 12.9. The molecule has 7 heteroatoms. The second-order valence-electron chi connectivity index (χ2n) is 6.93. The Morgan fingerprint density at radius 1 is 1.19 bits per heavy atom. The molecule has 3 rings (SSSR count). The summed E-state index contributed by atoms with van der Waals surface area (Å²) in [5.74, 6) is 1.80. The molecule has 1 saturated heterocycles. The summed E-state index contributed by atoms with van der Waals surface area (Å²) in [4.78, 5) is 12.9. The van der Waals surface area contributed by atoms with Crippen molar-refractivity contribution >= 4 is 24.8 Å². The third kappa shape index (κ3) is 5.35. The van der Waals surface area contributed by atoms with Gasteiger partial charge in [0.05, 0.1) is 6.54 Å². The van der Waals surface area contributed by atoms with Crippen LogP contribution in [0.1, 0.15) is 50.4 Å².